The summed E-state index contributed by atoms with van der Waals surface area (Å²) in [6.07, 6.45) is 0.739. The molecule has 0 spiro atoms. The van der Waals surface area contributed by atoms with Gasteiger partial charge in [-0.1, -0.05) is 0 Å². The summed E-state index contributed by atoms with van der Waals surface area (Å²) in [6.45, 7) is 5.39. The molecule has 2 heterocycles. The Bertz CT molecular complexity index is 949. The number of ether oxygens (including phenoxy) is 2. The number of nitrogens with zero attached hydrogens (tertiary/aromatic N) is 2. The van der Waals surface area contributed by atoms with Crippen LogP contribution in [0.15, 0.2) is 24.3 Å². The molecule has 0 saturated carbocycles. The number of carbonyl (C=O) groups is 2. The van der Waals surface area contributed by atoms with E-state index < -0.39 is 12.2 Å². The maximum Gasteiger partial charge on any atom is 0.410 e. The summed E-state index contributed by atoms with van der Waals surface area (Å²) in [4.78, 5) is 31.9. The topological polar surface area (TPSA) is 80.8 Å². The van der Waals surface area contributed by atoms with Crippen LogP contribution in [-0.2, 0) is 9.53 Å². The number of piperidine rings is 1. The molecular formula is C22H27F2N3O4S. The normalized spacial score (nSPS) is 15.0. The summed E-state index contributed by atoms with van der Waals surface area (Å²) in [5.74, 6) is -0.273. The lowest BCUT2D eigenvalue weighted by molar-refractivity contribution is -0.121. The molecule has 1 aliphatic rings. The van der Waals surface area contributed by atoms with E-state index in [2.05, 4.69) is 15.0 Å². The molecule has 0 aliphatic carbocycles. The summed E-state index contributed by atoms with van der Waals surface area (Å²) in [5.41, 5.74) is 0.863. The summed E-state index contributed by atoms with van der Waals surface area (Å²) < 4.78 is 34.4. The molecule has 2 amide bonds. The van der Waals surface area contributed by atoms with Crippen LogP contribution >= 0.6 is 11.3 Å². The monoisotopic (exact) mass is 467 g/mol. The number of halogens is 2. The summed E-state index contributed by atoms with van der Waals surface area (Å²) >= 11 is 1.35. The molecule has 1 aromatic heterocycles. The van der Waals surface area contributed by atoms with Gasteiger partial charge in [-0.2, -0.15) is 8.78 Å². The van der Waals surface area contributed by atoms with E-state index in [1.807, 2.05) is 27.7 Å². The van der Waals surface area contributed by atoms with Crippen molar-refractivity contribution in [2.24, 2.45) is 5.92 Å². The molecule has 10 heteroatoms. The van der Waals surface area contributed by atoms with Crippen molar-refractivity contribution in [2.45, 2.75) is 52.7 Å². The van der Waals surface area contributed by atoms with Gasteiger partial charge in [-0.05, 0) is 64.8 Å². The number of benzene rings is 1. The zero-order chi connectivity index (χ0) is 23.5. The largest absolute Gasteiger partial charge is 0.444 e. The number of rotatable bonds is 5. The average molecular weight is 468 g/mol. The number of hydrogen-bond donors (Lipinski definition) is 1. The molecule has 32 heavy (non-hydrogen) atoms. The van der Waals surface area contributed by atoms with Gasteiger partial charge in [0.1, 0.15) is 11.4 Å². The van der Waals surface area contributed by atoms with Crippen molar-refractivity contribution in [2.75, 3.05) is 18.4 Å². The highest BCUT2D eigenvalue weighted by Gasteiger charge is 2.30. The second kappa shape index (κ2) is 9.81. The minimum atomic E-state index is -2.88. The van der Waals surface area contributed by atoms with Crippen LogP contribution in [-0.4, -0.2) is 47.2 Å². The third kappa shape index (κ3) is 6.38. The molecule has 1 saturated heterocycles. The van der Waals surface area contributed by atoms with Crippen LogP contribution in [0.5, 0.6) is 5.75 Å². The van der Waals surface area contributed by atoms with Gasteiger partial charge in [0.25, 0.3) is 0 Å². The van der Waals surface area contributed by atoms with Gasteiger partial charge in [-0.3, -0.25) is 4.79 Å². The van der Waals surface area contributed by atoms with E-state index in [1.54, 1.807) is 17.0 Å². The van der Waals surface area contributed by atoms with E-state index >= 15 is 0 Å². The van der Waals surface area contributed by atoms with Crippen molar-refractivity contribution in [1.29, 1.82) is 0 Å². The molecule has 0 unspecified atom stereocenters. The lowest BCUT2D eigenvalue weighted by Gasteiger charge is -2.32. The van der Waals surface area contributed by atoms with Crippen molar-refractivity contribution in [1.82, 2.24) is 9.88 Å². The Morgan fingerprint density at radius 1 is 1.19 bits per heavy atom. The van der Waals surface area contributed by atoms with Crippen LogP contribution in [0, 0.1) is 12.8 Å². The number of carbonyl (C=O) groups excluding carboxylic acids is 2. The zero-order valence-electron chi connectivity index (χ0n) is 18.5. The van der Waals surface area contributed by atoms with Gasteiger partial charge in [0.05, 0.1) is 5.69 Å². The highest BCUT2D eigenvalue weighted by molar-refractivity contribution is 7.16. The Morgan fingerprint density at radius 2 is 1.81 bits per heavy atom. The van der Waals surface area contributed by atoms with E-state index in [-0.39, 0.29) is 23.7 Å². The number of thiazole rings is 1. The molecule has 2 aromatic rings. The number of aromatic nitrogens is 1. The van der Waals surface area contributed by atoms with Crippen LogP contribution in [0.3, 0.4) is 0 Å². The van der Waals surface area contributed by atoms with E-state index in [1.165, 1.54) is 23.5 Å². The highest BCUT2D eigenvalue weighted by atomic mass is 32.1. The van der Waals surface area contributed by atoms with E-state index in [9.17, 15) is 18.4 Å². The summed E-state index contributed by atoms with van der Waals surface area (Å²) in [6, 6.07) is 6.21. The third-order valence-corrected chi connectivity index (χ3v) is 5.78. The fourth-order valence-corrected chi connectivity index (χ4v) is 4.21. The number of alkyl halides is 2. The fraction of sp³-hybridized carbons (Fsp3) is 0.500. The predicted octanol–water partition coefficient (Wildman–Crippen LogP) is 5.31. The Hall–Kier alpha value is -2.75. The Labute approximate surface area is 189 Å². The van der Waals surface area contributed by atoms with Gasteiger partial charge in [-0.25, -0.2) is 9.78 Å². The van der Waals surface area contributed by atoms with Crippen LogP contribution in [0.2, 0.25) is 0 Å². The third-order valence-electron chi connectivity index (χ3n) is 4.90. The second-order valence-electron chi connectivity index (χ2n) is 8.56. The molecular weight excluding hydrogens is 440 g/mol. The molecule has 0 atom stereocenters. The number of hydrogen-bond acceptors (Lipinski definition) is 6. The Balaban J connectivity index is 1.57. The van der Waals surface area contributed by atoms with Crippen LogP contribution in [0.4, 0.5) is 18.7 Å². The van der Waals surface area contributed by atoms with Gasteiger partial charge < -0.3 is 19.7 Å². The smallest absolute Gasteiger partial charge is 0.410 e. The Morgan fingerprint density at radius 3 is 2.38 bits per heavy atom. The molecule has 7 nitrogen and oxygen atoms in total. The van der Waals surface area contributed by atoms with Gasteiger partial charge in [-0.15, -0.1) is 11.3 Å². The van der Waals surface area contributed by atoms with Crippen molar-refractivity contribution in [3.63, 3.8) is 0 Å². The molecule has 174 valence electrons. The van der Waals surface area contributed by atoms with Gasteiger partial charge >= 0.3 is 12.7 Å². The second-order valence-corrected chi connectivity index (χ2v) is 9.76. The summed E-state index contributed by atoms with van der Waals surface area (Å²) in [7, 11) is 0. The quantitative estimate of drug-likeness (QED) is 0.645. The minimum Gasteiger partial charge on any atom is -0.444 e. The lowest BCUT2D eigenvalue weighted by atomic mass is 9.96. The average Bonchev–Trinajstić information content (AvgIpc) is 3.07. The van der Waals surface area contributed by atoms with Crippen molar-refractivity contribution in [3.8, 4) is 17.0 Å². The molecule has 3 rings (SSSR count). The lowest BCUT2D eigenvalue weighted by Crippen LogP contribution is -2.43. The fourth-order valence-electron chi connectivity index (χ4n) is 3.37. The van der Waals surface area contributed by atoms with Crippen LogP contribution in [0.1, 0.15) is 38.5 Å². The van der Waals surface area contributed by atoms with E-state index in [0.29, 0.717) is 36.8 Å². The highest BCUT2D eigenvalue weighted by Crippen LogP contribution is 2.32. The first-order chi connectivity index (χ1) is 15.0. The Kier molecular flexibility index (Phi) is 7.33. The zero-order valence-corrected chi connectivity index (χ0v) is 19.3. The molecule has 1 aromatic carbocycles. The number of anilines is 1. The summed E-state index contributed by atoms with van der Waals surface area (Å²) in [5, 5.41) is 3.35. The predicted molar refractivity (Wildman–Crippen MR) is 118 cm³/mol. The van der Waals surface area contributed by atoms with Crippen molar-refractivity contribution >= 4 is 28.5 Å². The standard InChI is InChI=1S/C22H27F2N3O4S/c1-13-17(14-5-7-16(8-6-14)30-19(23)24)25-20(32-13)26-18(28)15-9-11-27(12-10-15)21(29)31-22(2,3)4/h5-8,15,19H,9-12H2,1-4H3,(H,25,26,28). The van der Waals surface area contributed by atoms with Crippen molar-refractivity contribution in [3.05, 3.63) is 29.1 Å². The number of aryl methyl sites for hydroxylation is 1. The number of nitrogens with one attached hydrogen (secondary N) is 1. The SMILES string of the molecule is Cc1sc(NC(=O)C2CCN(C(=O)OC(C)(C)C)CC2)nc1-c1ccc(OC(F)F)cc1. The molecule has 1 fully saturated rings. The number of likely N-dealkylation sites (tertiary alicyclic amines) is 1. The van der Waals surface area contributed by atoms with Crippen LogP contribution in [0.25, 0.3) is 11.3 Å². The first-order valence-electron chi connectivity index (χ1n) is 10.3. The molecule has 1 aliphatic heterocycles. The van der Waals surface area contributed by atoms with E-state index in [4.69, 9.17) is 4.74 Å². The maximum absolute atomic E-state index is 12.7. The van der Waals surface area contributed by atoms with Crippen molar-refractivity contribution < 1.29 is 27.8 Å². The maximum atomic E-state index is 12.7. The van der Waals surface area contributed by atoms with Gasteiger partial charge in [0.2, 0.25) is 5.91 Å². The van der Waals surface area contributed by atoms with E-state index in [0.717, 1.165) is 10.4 Å². The minimum absolute atomic E-state index is 0.0721. The first-order valence-corrected chi connectivity index (χ1v) is 11.1. The van der Waals surface area contributed by atoms with Crippen LogP contribution < -0.4 is 10.1 Å². The first kappa shape index (κ1) is 23.9. The molecule has 1 N–H and O–H groups in total. The molecule has 0 bridgehead atoms. The number of amides is 2. The van der Waals surface area contributed by atoms with Gasteiger partial charge in [0.15, 0.2) is 5.13 Å². The van der Waals surface area contributed by atoms with Gasteiger partial charge in [0, 0.05) is 29.4 Å². The molecule has 0 radical (unpaired) electrons.